The average Bonchev–Trinajstić information content (AvgIpc) is 2.38. The smallest absolute Gasteiger partial charge is 0.321 e. The first-order valence-corrected chi connectivity index (χ1v) is 6.60. The van der Waals surface area contributed by atoms with Gasteiger partial charge in [-0.05, 0) is 40.5 Å². The Kier molecular flexibility index (Phi) is 6.75. The highest BCUT2D eigenvalue weighted by atomic mass is 79.9. The Labute approximate surface area is 119 Å². The molecule has 5 nitrogen and oxygen atoms in total. The third-order valence-corrected chi connectivity index (χ3v) is 3.10. The van der Waals surface area contributed by atoms with Crippen LogP contribution < -0.4 is 5.32 Å². The van der Waals surface area contributed by atoms with Gasteiger partial charge in [-0.15, -0.1) is 0 Å². The van der Waals surface area contributed by atoms with Crippen LogP contribution >= 0.6 is 15.9 Å². The first kappa shape index (κ1) is 15.9. The number of aliphatic hydroxyl groups is 2. The lowest BCUT2D eigenvalue weighted by molar-refractivity contribution is 0.180. The Morgan fingerprint density at radius 2 is 2.05 bits per heavy atom. The number of urea groups is 1. The first-order valence-electron chi connectivity index (χ1n) is 5.81. The second kappa shape index (κ2) is 8.08. The van der Waals surface area contributed by atoms with E-state index in [0.717, 1.165) is 0 Å². The normalized spacial score (nSPS) is 10.3. The lowest BCUT2D eigenvalue weighted by Gasteiger charge is -2.22. The van der Waals surface area contributed by atoms with Gasteiger partial charge in [-0.25, -0.2) is 9.18 Å². The van der Waals surface area contributed by atoms with Crippen molar-refractivity contribution in [1.82, 2.24) is 4.90 Å². The number of amides is 2. The predicted molar refractivity (Wildman–Crippen MR) is 73.5 cm³/mol. The molecule has 0 aliphatic rings. The highest BCUT2D eigenvalue weighted by Gasteiger charge is 2.14. The maximum Gasteiger partial charge on any atom is 0.321 e. The Bertz CT molecular complexity index is 431. The van der Waals surface area contributed by atoms with Gasteiger partial charge < -0.3 is 20.4 Å². The van der Waals surface area contributed by atoms with Crippen LogP contribution in [0.3, 0.4) is 0 Å². The maximum absolute atomic E-state index is 13.1. The molecule has 3 N–H and O–H groups in total. The van der Waals surface area contributed by atoms with Crippen molar-refractivity contribution >= 4 is 27.6 Å². The van der Waals surface area contributed by atoms with Gasteiger partial charge in [-0.1, -0.05) is 0 Å². The van der Waals surface area contributed by atoms with Gasteiger partial charge in [0.05, 0.1) is 12.3 Å². The quantitative estimate of drug-likeness (QED) is 0.742. The molecule has 1 aromatic rings. The topological polar surface area (TPSA) is 72.8 Å². The summed E-state index contributed by atoms with van der Waals surface area (Å²) in [6.07, 6.45) is 0.414. The van der Waals surface area contributed by atoms with E-state index >= 15 is 0 Å². The van der Waals surface area contributed by atoms with Gasteiger partial charge in [0.15, 0.2) is 0 Å². The summed E-state index contributed by atoms with van der Waals surface area (Å²) in [5.41, 5.74) is 0.317. The number of nitrogens with zero attached hydrogens (tertiary/aromatic N) is 1. The van der Waals surface area contributed by atoms with E-state index in [1.165, 1.54) is 23.1 Å². The highest BCUT2D eigenvalue weighted by Crippen LogP contribution is 2.23. The monoisotopic (exact) mass is 334 g/mol. The van der Waals surface area contributed by atoms with Gasteiger partial charge in [-0.3, -0.25) is 0 Å². The Hall–Kier alpha value is -1.18. The minimum Gasteiger partial charge on any atom is -0.396 e. The van der Waals surface area contributed by atoms with Crippen LogP contribution in [0.2, 0.25) is 0 Å². The molecule has 0 aliphatic carbocycles. The summed E-state index contributed by atoms with van der Waals surface area (Å²) in [5.74, 6) is -0.456. The van der Waals surface area contributed by atoms with Crippen molar-refractivity contribution in [2.24, 2.45) is 0 Å². The molecule has 0 atom stereocenters. The van der Waals surface area contributed by atoms with E-state index in [4.69, 9.17) is 10.2 Å². The number of rotatable bonds is 6. The second-order valence-corrected chi connectivity index (χ2v) is 4.70. The zero-order chi connectivity index (χ0) is 14.3. The van der Waals surface area contributed by atoms with E-state index in [0.29, 0.717) is 23.1 Å². The van der Waals surface area contributed by atoms with E-state index in [1.54, 1.807) is 0 Å². The summed E-state index contributed by atoms with van der Waals surface area (Å²) in [4.78, 5) is 13.3. The van der Waals surface area contributed by atoms with E-state index < -0.39 is 11.8 Å². The molecule has 0 saturated carbocycles. The summed E-state index contributed by atoms with van der Waals surface area (Å²) >= 11 is 3.21. The Morgan fingerprint density at radius 3 is 2.68 bits per heavy atom. The lowest BCUT2D eigenvalue weighted by atomic mass is 10.3. The number of hydrogen-bond acceptors (Lipinski definition) is 3. The fourth-order valence-electron chi connectivity index (χ4n) is 1.48. The zero-order valence-electron chi connectivity index (χ0n) is 10.3. The van der Waals surface area contributed by atoms with Crippen molar-refractivity contribution < 1.29 is 19.4 Å². The number of nitrogens with one attached hydrogen (secondary N) is 1. The Balaban J connectivity index is 2.71. The molecule has 0 spiro atoms. The first-order chi connectivity index (χ1) is 9.08. The minimum atomic E-state index is -0.456. The molecule has 106 valence electrons. The number of hydrogen-bond donors (Lipinski definition) is 3. The fraction of sp³-hybridized carbons (Fsp3) is 0.417. The zero-order valence-corrected chi connectivity index (χ0v) is 11.9. The van der Waals surface area contributed by atoms with E-state index in [2.05, 4.69) is 21.2 Å². The molecule has 0 saturated heterocycles. The highest BCUT2D eigenvalue weighted by molar-refractivity contribution is 9.10. The molecule has 1 aromatic carbocycles. The standard InChI is InChI=1S/C12H16BrFN2O3/c13-10-3-2-9(14)8-11(10)15-12(19)16(5-7-18)4-1-6-17/h2-3,8,17-18H,1,4-7H2,(H,15,19). The van der Waals surface area contributed by atoms with Crippen molar-refractivity contribution in [3.05, 3.63) is 28.5 Å². The average molecular weight is 335 g/mol. The number of benzene rings is 1. The molecule has 1 rings (SSSR count). The van der Waals surface area contributed by atoms with Crippen LogP contribution in [0.4, 0.5) is 14.9 Å². The maximum atomic E-state index is 13.1. The summed E-state index contributed by atoms with van der Waals surface area (Å²) < 4.78 is 13.7. The molecule has 0 aromatic heterocycles. The molecule has 0 heterocycles. The largest absolute Gasteiger partial charge is 0.396 e. The van der Waals surface area contributed by atoms with Crippen LogP contribution in [0.15, 0.2) is 22.7 Å². The third kappa shape index (κ3) is 5.14. The van der Waals surface area contributed by atoms with Crippen LogP contribution in [0.25, 0.3) is 0 Å². The van der Waals surface area contributed by atoms with Crippen LogP contribution in [-0.2, 0) is 0 Å². The van der Waals surface area contributed by atoms with Gasteiger partial charge in [-0.2, -0.15) is 0 Å². The minimum absolute atomic E-state index is 0.0428. The van der Waals surface area contributed by atoms with Crippen LogP contribution in [0.1, 0.15) is 6.42 Å². The molecular weight excluding hydrogens is 319 g/mol. The van der Waals surface area contributed by atoms with Gasteiger partial charge in [0.25, 0.3) is 0 Å². The van der Waals surface area contributed by atoms with Crippen molar-refractivity contribution in [3.63, 3.8) is 0 Å². The van der Waals surface area contributed by atoms with Gasteiger partial charge in [0.2, 0.25) is 0 Å². The molecule has 0 bridgehead atoms. The van der Waals surface area contributed by atoms with Crippen LogP contribution in [-0.4, -0.2) is 47.4 Å². The second-order valence-electron chi connectivity index (χ2n) is 3.84. The number of carbonyl (C=O) groups is 1. The number of carbonyl (C=O) groups excluding carboxylic acids is 1. The summed E-state index contributed by atoms with van der Waals surface area (Å²) in [7, 11) is 0. The van der Waals surface area contributed by atoms with Crippen molar-refractivity contribution in [1.29, 1.82) is 0 Å². The molecular formula is C12H16BrFN2O3. The molecule has 7 heteroatoms. The van der Waals surface area contributed by atoms with Crippen molar-refractivity contribution in [2.75, 3.05) is 31.6 Å². The third-order valence-electron chi connectivity index (χ3n) is 2.41. The van der Waals surface area contributed by atoms with Crippen molar-refractivity contribution in [2.45, 2.75) is 6.42 Å². The Morgan fingerprint density at radius 1 is 1.32 bits per heavy atom. The van der Waals surface area contributed by atoms with Gasteiger partial charge in [0, 0.05) is 24.2 Å². The molecule has 0 fully saturated rings. The van der Waals surface area contributed by atoms with E-state index in [-0.39, 0.29) is 19.8 Å². The van der Waals surface area contributed by atoms with E-state index in [1.807, 2.05) is 0 Å². The van der Waals surface area contributed by atoms with Crippen LogP contribution in [0, 0.1) is 5.82 Å². The van der Waals surface area contributed by atoms with Crippen LogP contribution in [0.5, 0.6) is 0 Å². The molecule has 0 radical (unpaired) electrons. The number of anilines is 1. The molecule has 0 aliphatic heterocycles. The summed E-state index contributed by atoms with van der Waals surface area (Å²) in [6.45, 7) is 0.247. The van der Waals surface area contributed by atoms with Crippen molar-refractivity contribution in [3.8, 4) is 0 Å². The van der Waals surface area contributed by atoms with Gasteiger partial charge in [0.1, 0.15) is 5.82 Å². The number of aliphatic hydroxyl groups excluding tert-OH is 2. The molecule has 19 heavy (non-hydrogen) atoms. The summed E-state index contributed by atoms with van der Waals surface area (Å²) in [5, 5.41) is 20.2. The predicted octanol–water partition coefficient (Wildman–Crippen LogP) is 1.80. The summed E-state index contributed by atoms with van der Waals surface area (Å²) in [6, 6.07) is 3.52. The molecule has 0 unspecified atom stereocenters. The SMILES string of the molecule is O=C(Nc1cc(F)ccc1Br)N(CCO)CCCO. The number of halogens is 2. The van der Waals surface area contributed by atoms with E-state index in [9.17, 15) is 9.18 Å². The van der Waals surface area contributed by atoms with Gasteiger partial charge >= 0.3 is 6.03 Å². The lowest BCUT2D eigenvalue weighted by Crippen LogP contribution is -2.38. The fourth-order valence-corrected chi connectivity index (χ4v) is 1.83. The molecule has 2 amide bonds.